The standard InChI is InChI=1S/C12H15N3O3/c1-16-7-6-11-14-15-12(18-11)13-9-4-3-5-10(8-9)17-2/h3-5,8H,6-7H2,1-2H3,(H,13,15). The predicted octanol–water partition coefficient (Wildman–Crippen LogP) is 2.01. The van der Waals surface area contributed by atoms with E-state index in [1.807, 2.05) is 24.3 Å². The van der Waals surface area contributed by atoms with Crippen LogP contribution in [0.25, 0.3) is 0 Å². The first-order chi connectivity index (χ1) is 8.81. The van der Waals surface area contributed by atoms with Gasteiger partial charge in [-0.2, -0.15) is 0 Å². The van der Waals surface area contributed by atoms with Gasteiger partial charge in [0.2, 0.25) is 5.89 Å². The third-order valence-corrected chi connectivity index (χ3v) is 2.31. The van der Waals surface area contributed by atoms with Crippen molar-refractivity contribution >= 4 is 11.7 Å². The fourth-order valence-corrected chi connectivity index (χ4v) is 1.42. The predicted molar refractivity (Wildman–Crippen MR) is 66.2 cm³/mol. The van der Waals surface area contributed by atoms with Crippen LogP contribution in [0.2, 0.25) is 0 Å². The second kappa shape index (κ2) is 6.02. The van der Waals surface area contributed by atoms with Gasteiger partial charge in [-0.05, 0) is 12.1 Å². The molecule has 0 bridgehead atoms. The Bertz CT molecular complexity index is 499. The average Bonchev–Trinajstić information content (AvgIpc) is 2.84. The van der Waals surface area contributed by atoms with Gasteiger partial charge in [-0.3, -0.25) is 0 Å². The molecular weight excluding hydrogens is 234 g/mol. The first-order valence-corrected chi connectivity index (χ1v) is 5.54. The zero-order valence-corrected chi connectivity index (χ0v) is 10.3. The summed E-state index contributed by atoms with van der Waals surface area (Å²) in [5.41, 5.74) is 0.830. The Morgan fingerprint density at radius 1 is 1.28 bits per heavy atom. The SMILES string of the molecule is COCCc1nnc(Nc2cccc(OC)c2)o1. The van der Waals surface area contributed by atoms with Gasteiger partial charge in [-0.15, -0.1) is 5.10 Å². The highest BCUT2D eigenvalue weighted by molar-refractivity contribution is 5.54. The molecule has 0 unspecified atom stereocenters. The highest BCUT2D eigenvalue weighted by atomic mass is 16.5. The summed E-state index contributed by atoms with van der Waals surface area (Å²) in [5, 5.41) is 10.8. The minimum absolute atomic E-state index is 0.356. The van der Waals surface area contributed by atoms with Gasteiger partial charge in [0, 0.05) is 25.3 Å². The van der Waals surface area contributed by atoms with Crippen molar-refractivity contribution in [2.75, 3.05) is 26.1 Å². The lowest BCUT2D eigenvalue weighted by molar-refractivity contribution is 0.195. The van der Waals surface area contributed by atoms with Gasteiger partial charge in [0.25, 0.3) is 0 Å². The molecule has 0 aliphatic heterocycles. The fraction of sp³-hybridized carbons (Fsp3) is 0.333. The largest absolute Gasteiger partial charge is 0.497 e. The Balaban J connectivity index is 2.01. The number of hydrogen-bond acceptors (Lipinski definition) is 6. The quantitative estimate of drug-likeness (QED) is 0.844. The van der Waals surface area contributed by atoms with Crippen LogP contribution in [-0.4, -0.2) is 31.0 Å². The highest BCUT2D eigenvalue weighted by Gasteiger charge is 2.06. The maximum absolute atomic E-state index is 5.41. The van der Waals surface area contributed by atoms with E-state index in [9.17, 15) is 0 Å². The van der Waals surface area contributed by atoms with E-state index in [0.29, 0.717) is 24.9 Å². The summed E-state index contributed by atoms with van der Waals surface area (Å²) in [5.74, 6) is 1.31. The van der Waals surface area contributed by atoms with Crippen molar-refractivity contribution < 1.29 is 13.9 Å². The van der Waals surface area contributed by atoms with Crippen LogP contribution in [-0.2, 0) is 11.2 Å². The molecule has 0 amide bonds. The van der Waals surface area contributed by atoms with Crippen LogP contribution in [0.4, 0.5) is 11.7 Å². The van der Waals surface area contributed by atoms with E-state index in [2.05, 4.69) is 15.5 Å². The van der Waals surface area contributed by atoms with E-state index >= 15 is 0 Å². The Labute approximate surface area is 105 Å². The summed E-state index contributed by atoms with van der Waals surface area (Å²) < 4.78 is 15.5. The molecular formula is C12H15N3O3. The minimum atomic E-state index is 0.356. The average molecular weight is 249 g/mol. The summed E-state index contributed by atoms with van der Waals surface area (Å²) in [6.45, 7) is 0.556. The molecule has 0 aliphatic carbocycles. The number of hydrogen-bond donors (Lipinski definition) is 1. The van der Waals surface area contributed by atoms with E-state index in [1.165, 1.54) is 0 Å². The van der Waals surface area contributed by atoms with E-state index in [0.717, 1.165) is 11.4 Å². The lowest BCUT2D eigenvalue weighted by Crippen LogP contribution is -1.94. The molecule has 1 aromatic carbocycles. The number of methoxy groups -OCH3 is 2. The third-order valence-electron chi connectivity index (χ3n) is 2.31. The smallest absolute Gasteiger partial charge is 0.320 e. The van der Waals surface area contributed by atoms with Crippen LogP contribution in [0.3, 0.4) is 0 Å². The van der Waals surface area contributed by atoms with Crippen molar-refractivity contribution in [1.29, 1.82) is 0 Å². The molecule has 1 aromatic heterocycles. The molecule has 6 heteroatoms. The van der Waals surface area contributed by atoms with Gasteiger partial charge >= 0.3 is 6.01 Å². The number of benzene rings is 1. The molecule has 18 heavy (non-hydrogen) atoms. The minimum Gasteiger partial charge on any atom is -0.497 e. The first-order valence-electron chi connectivity index (χ1n) is 5.54. The summed E-state index contributed by atoms with van der Waals surface area (Å²) in [7, 11) is 3.25. The van der Waals surface area contributed by atoms with E-state index in [-0.39, 0.29) is 0 Å². The maximum Gasteiger partial charge on any atom is 0.320 e. The van der Waals surface area contributed by atoms with Gasteiger partial charge in [-0.25, -0.2) is 0 Å². The number of anilines is 2. The number of rotatable bonds is 6. The molecule has 0 saturated carbocycles. The lowest BCUT2D eigenvalue weighted by atomic mass is 10.3. The topological polar surface area (TPSA) is 69.4 Å². The summed E-state index contributed by atoms with van der Waals surface area (Å²) in [4.78, 5) is 0. The first kappa shape index (κ1) is 12.4. The van der Waals surface area contributed by atoms with Crippen LogP contribution in [0.1, 0.15) is 5.89 Å². The molecule has 6 nitrogen and oxygen atoms in total. The van der Waals surface area contributed by atoms with E-state index in [1.54, 1.807) is 14.2 Å². The van der Waals surface area contributed by atoms with Crippen molar-refractivity contribution in [3.8, 4) is 5.75 Å². The molecule has 0 fully saturated rings. The lowest BCUT2D eigenvalue weighted by Gasteiger charge is -2.03. The number of aromatic nitrogens is 2. The molecule has 2 rings (SSSR count). The molecule has 1 N–H and O–H groups in total. The van der Waals surface area contributed by atoms with Crippen molar-refractivity contribution in [3.05, 3.63) is 30.2 Å². The number of nitrogens with one attached hydrogen (secondary N) is 1. The highest BCUT2D eigenvalue weighted by Crippen LogP contribution is 2.20. The van der Waals surface area contributed by atoms with E-state index in [4.69, 9.17) is 13.9 Å². The van der Waals surface area contributed by atoms with Crippen molar-refractivity contribution in [1.82, 2.24) is 10.2 Å². The maximum atomic E-state index is 5.41. The molecule has 0 aliphatic rings. The van der Waals surface area contributed by atoms with Gasteiger partial charge < -0.3 is 19.2 Å². The molecule has 1 heterocycles. The van der Waals surface area contributed by atoms with Crippen LogP contribution in [0, 0.1) is 0 Å². The monoisotopic (exact) mass is 249 g/mol. The van der Waals surface area contributed by atoms with Gasteiger partial charge in [0.1, 0.15) is 5.75 Å². The second-order valence-corrected chi connectivity index (χ2v) is 3.60. The fourth-order valence-electron chi connectivity index (χ4n) is 1.42. The zero-order chi connectivity index (χ0) is 12.8. The van der Waals surface area contributed by atoms with Gasteiger partial charge in [0.05, 0.1) is 13.7 Å². The molecule has 0 radical (unpaired) electrons. The Kier molecular flexibility index (Phi) is 4.14. The Morgan fingerprint density at radius 3 is 2.94 bits per heavy atom. The number of nitrogens with zero attached hydrogens (tertiary/aromatic N) is 2. The molecule has 0 saturated heterocycles. The second-order valence-electron chi connectivity index (χ2n) is 3.60. The summed E-state index contributed by atoms with van der Waals surface area (Å²) in [6, 6.07) is 7.84. The van der Waals surface area contributed by atoms with Crippen LogP contribution in [0.5, 0.6) is 5.75 Å². The van der Waals surface area contributed by atoms with Crippen molar-refractivity contribution in [3.63, 3.8) is 0 Å². The summed E-state index contributed by atoms with van der Waals surface area (Å²) in [6.07, 6.45) is 0.600. The third kappa shape index (κ3) is 3.21. The van der Waals surface area contributed by atoms with Crippen LogP contribution >= 0.6 is 0 Å². The number of ether oxygens (including phenoxy) is 2. The normalized spacial score (nSPS) is 10.3. The Morgan fingerprint density at radius 2 is 2.17 bits per heavy atom. The van der Waals surface area contributed by atoms with Crippen molar-refractivity contribution in [2.45, 2.75) is 6.42 Å². The van der Waals surface area contributed by atoms with Crippen LogP contribution < -0.4 is 10.1 Å². The van der Waals surface area contributed by atoms with Crippen molar-refractivity contribution in [2.24, 2.45) is 0 Å². The molecule has 0 spiro atoms. The Hall–Kier alpha value is -2.08. The van der Waals surface area contributed by atoms with Gasteiger partial charge in [0.15, 0.2) is 0 Å². The molecule has 0 atom stereocenters. The van der Waals surface area contributed by atoms with Gasteiger partial charge in [-0.1, -0.05) is 11.2 Å². The van der Waals surface area contributed by atoms with E-state index < -0.39 is 0 Å². The zero-order valence-electron chi connectivity index (χ0n) is 10.3. The molecule has 96 valence electrons. The molecule has 2 aromatic rings. The summed E-state index contributed by atoms with van der Waals surface area (Å²) >= 11 is 0. The van der Waals surface area contributed by atoms with Crippen LogP contribution in [0.15, 0.2) is 28.7 Å².